The first-order valence-electron chi connectivity index (χ1n) is 12.7. The quantitative estimate of drug-likeness (QED) is 0.126. The summed E-state index contributed by atoms with van der Waals surface area (Å²) in [6, 6.07) is 20.4. The average molecular weight is 836 g/mol. The van der Waals surface area contributed by atoms with Crippen molar-refractivity contribution in [1.29, 1.82) is 0 Å². The second kappa shape index (κ2) is 13.7. The summed E-state index contributed by atoms with van der Waals surface area (Å²) in [7, 11) is -5.83. The number of ether oxygens (including phenoxy) is 1. The third kappa shape index (κ3) is 7.61. The molecule has 4 aromatic carbocycles. The molecule has 0 spiro atoms. The lowest BCUT2D eigenvalue weighted by Gasteiger charge is -2.21. The number of aromatic nitrogens is 2. The maximum Gasteiger partial charge on any atom is 0.399 e. The first-order chi connectivity index (χ1) is 21.6. The molecule has 0 aliphatic rings. The van der Waals surface area contributed by atoms with Gasteiger partial charge in [-0.25, -0.2) is 14.5 Å². The lowest BCUT2D eigenvalue weighted by Crippen LogP contribution is -2.18. The van der Waals surface area contributed by atoms with Crippen molar-refractivity contribution in [2.75, 3.05) is 0 Å². The van der Waals surface area contributed by atoms with Gasteiger partial charge < -0.3 is 19.6 Å². The van der Waals surface area contributed by atoms with E-state index in [1.807, 2.05) is 0 Å². The van der Waals surface area contributed by atoms with E-state index >= 15 is 0 Å². The van der Waals surface area contributed by atoms with Crippen LogP contribution >= 0.6 is 74.0 Å². The Bertz CT molecular complexity index is 2080. The van der Waals surface area contributed by atoms with E-state index in [9.17, 15) is 33.0 Å². The first-order valence-corrected chi connectivity index (χ1v) is 17.5. The zero-order valence-electron chi connectivity index (χ0n) is 22.7. The summed E-state index contributed by atoms with van der Waals surface area (Å²) >= 11 is 19.5. The van der Waals surface area contributed by atoms with E-state index in [4.69, 9.17) is 33.0 Å². The van der Waals surface area contributed by atoms with E-state index in [1.165, 1.54) is 40.3 Å². The van der Waals surface area contributed by atoms with Crippen LogP contribution in [0.3, 0.4) is 0 Å². The van der Waals surface area contributed by atoms with E-state index in [-0.39, 0.29) is 26.1 Å². The number of alkyl halides is 2. The third-order valence-electron chi connectivity index (χ3n) is 6.25. The Labute approximate surface area is 290 Å². The topological polar surface area (TPSA) is 134 Å². The number of rotatable bonds is 9. The van der Waals surface area contributed by atoms with Crippen LogP contribution in [0.4, 0.5) is 14.5 Å². The van der Waals surface area contributed by atoms with Gasteiger partial charge in [-0.15, -0.1) is 0 Å². The van der Waals surface area contributed by atoms with Gasteiger partial charge in [-0.3, -0.25) is 4.57 Å². The Balaban J connectivity index is 1.56. The van der Waals surface area contributed by atoms with Crippen LogP contribution < -0.4 is 9.54 Å². The molecule has 3 N–H and O–H groups in total. The standard InChI is InChI=1S/C29H18Br2Cl2F2N3O6PS/c30-21-9-15(10-22(31)25(21)29(34,35)45(41,42)43)14-38-28(36-18-7-8-23(32)24(33)13-18)46-26(37-38)16-3-1-5-19(11-16)44-20-6-2-4-17(12-20)27(39)40/h1-13H,14H2,(H,39,40)(H2,41,42,43)/b36-28+. The molecule has 0 amide bonds. The fourth-order valence-electron chi connectivity index (χ4n) is 4.12. The number of hydrogen-bond acceptors (Lipinski definition) is 6. The highest BCUT2D eigenvalue weighted by molar-refractivity contribution is 9.11. The predicted octanol–water partition coefficient (Wildman–Crippen LogP) is 9.44. The maximum atomic E-state index is 14.6. The van der Waals surface area contributed by atoms with Gasteiger partial charge in [0.1, 0.15) is 16.5 Å². The highest BCUT2D eigenvalue weighted by atomic mass is 79.9. The van der Waals surface area contributed by atoms with Gasteiger partial charge in [0.05, 0.1) is 33.4 Å². The van der Waals surface area contributed by atoms with Crippen molar-refractivity contribution in [3.05, 3.63) is 119 Å². The number of carbonyl (C=O) groups is 1. The van der Waals surface area contributed by atoms with Gasteiger partial charge in [-0.2, -0.15) is 13.9 Å². The second-order valence-corrected chi connectivity index (χ2v) is 14.7. The fraction of sp³-hybridized carbons (Fsp3) is 0.0690. The summed E-state index contributed by atoms with van der Waals surface area (Å²) < 4.78 is 47.8. The van der Waals surface area contributed by atoms with Crippen LogP contribution in [0.25, 0.3) is 10.6 Å². The van der Waals surface area contributed by atoms with Gasteiger partial charge in [0.2, 0.25) is 4.80 Å². The molecular formula is C29H18Br2Cl2F2N3O6PS. The van der Waals surface area contributed by atoms with Crippen LogP contribution in [0, 0.1) is 0 Å². The zero-order valence-corrected chi connectivity index (χ0v) is 29.1. The summed E-state index contributed by atoms with van der Waals surface area (Å²) in [6.07, 6.45) is 0. The Kier molecular flexibility index (Phi) is 10.2. The van der Waals surface area contributed by atoms with Crippen LogP contribution in [-0.2, 0) is 16.8 Å². The SMILES string of the molecule is O=C(O)c1cccc(Oc2cccc(-c3nn(Cc4cc(Br)c(C(F)(F)P(=O)(O)O)c(Br)c4)/c(=N\c4ccc(Cl)c(Cl)c4)s3)c2)c1. The van der Waals surface area contributed by atoms with Crippen molar-refractivity contribution in [2.45, 2.75) is 12.2 Å². The van der Waals surface area contributed by atoms with Gasteiger partial charge in [0.15, 0.2) is 0 Å². The van der Waals surface area contributed by atoms with Gasteiger partial charge in [0.25, 0.3) is 0 Å². The molecule has 1 heterocycles. The zero-order chi connectivity index (χ0) is 33.4. The molecule has 0 bridgehead atoms. The van der Waals surface area contributed by atoms with Gasteiger partial charge >= 0.3 is 19.2 Å². The van der Waals surface area contributed by atoms with Crippen LogP contribution in [0.5, 0.6) is 11.5 Å². The number of halogens is 6. The minimum atomic E-state index is -5.83. The van der Waals surface area contributed by atoms with E-state index < -0.39 is 24.8 Å². The van der Waals surface area contributed by atoms with Crippen molar-refractivity contribution in [1.82, 2.24) is 9.78 Å². The highest BCUT2D eigenvalue weighted by Gasteiger charge is 2.52. The lowest BCUT2D eigenvalue weighted by molar-refractivity contribution is 0.0550. The number of aromatic carboxylic acids is 1. The minimum Gasteiger partial charge on any atom is -0.478 e. The molecule has 0 saturated carbocycles. The minimum absolute atomic E-state index is 0.0216. The van der Waals surface area contributed by atoms with Crippen LogP contribution in [0.1, 0.15) is 21.5 Å². The average Bonchev–Trinajstić information content (AvgIpc) is 3.36. The second-order valence-electron chi connectivity index (χ2n) is 9.54. The Morgan fingerprint density at radius 2 is 1.63 bits per heavy atom. The molecule has 0 radical (unpaired) electrons. The smallest absolute Gasteiger partial charge is 0.399 e. The van der Waals surface area contributed by atoms with Gasteiger partial charge in [-0.05, 0) is 66.2 Å². The largest absolute Gasteiger partial charge is 0.478 e. The fourth-order valence-corrected chi connectivity index (χ4v) is 7.95. The molecule has 238 valence electrons. The summed E-state index contributed by atoms with van der Waals surface area (Å²) in [5.41, 5.74) is -3.71. The highest BCUT2D eigenvalue weighted by Crippen LogP contribution is 2.61. The summed E-state index contributed by atoms with van der Waals surface area (Å²) in [4.78, 5) is 34.9. The van der Waals surface area contributed by atoms with Crippen LogP contribution in [0.2, 0.25) is 10.0 Å². The number of benzene rings is 4. The molecular weight excluding hydrogens is 818 g/mol. The van der Waals surface area contributed by atoms with Crippen molar-refractivity contribution < 1.29 is 37.8 Å². The molecule has 1 aromatic heterocycles. The van der Waals surface area contributed by atoms with E-state index in [2.05, 4.69) is 36.9 Å². The molecule has 0 fully saturated rings. The molecule has 0 unspecified atom stereocenters. The number of hydrogen-bond donors (Lipinski definition) is 3. The number of nitrogens with zero attached hydrogens (tertiary/aromatic N) is 3. The van der Waals surface area contributed by atoms with E-state index in [0.717, 1.165) is 0 Å². The molecule has 9 nitrogen and oxygen atoms in total. The molecule has 0 saturated heterocycles. The molecule has 5 rings (SSSR count). The summed E-state index contributed by atoms with van der Waals surface area (Å²) in [5.74, 6) is -0.348. The van der Waals surface area contributed by atoms with Gasteiger partial charge in [0, 0.05) is 14.5 Å². The molecule has 5 aromatic rings. The van der Waals surface area contributed by atoms with Crippen molar-refractivity contribution in [3.8, 4) is 22.1 Å². The predicted molar refractivity (Wildman–Crippen MR) is 178 cm³/mol. The number of carboxylic acids is 1. The van der Waals surface area contributed by atoms with E-state index in [0.29, 0.717) is 43.1 Å². The molecule has 46 heavy (non-hydrogen) atoms. The molecule has 0 atom stereocenters. The Morgan fingerprint density at radius 1 is 0.978 bits per heavy atom. The Hall–Kier alpha value is -2.94. The van der Waals surface area contributed by atoms with E-state index in [1.54, 1.807) is 54.6 Å². The number of carboxylic acid groups (broad SMARTS) is 1. The van der Waals surface area contributed by atoms with Crippen molar-refractivity contribution in [2.24, 2.45) is 4.99 Å². The third-order valence-corrected chi connectivity index (χ3v) is 10.2. The monoisotopic (exact) mass is 833 g/mol. The van der Waals surface area contributed by atoms with Crippen LogP contribution in [-0.4, -0.2) is 30.6 Å². The molecule has 17 heteroatoms. The first kappa shape index (κ1) is 34.4. The maximum absolute atomic E-state index is 14.6. The van der Waals surface area contributed by atoms with Crippen LogP contribution in [0.15, 0.2) is 92.8 Å². The van der Waals surface area contributed by atoms with Crippen molar-refractivity contribution in [3.63, 3.8) is 0 Å². The molecule has 0 aliphatic heterocycles. The molecule has 0 aliphatic carbocycles. The normalized spacial score (nSPS) is 12.4. The summed E-state index contributed by atoms with van der Waals surface area (Å²) in [6.45, 7) is 0.0216. The van der Waals surface area contributed by atoms with Crippen molar-refractivity contribution >= 4 is 85.7 Å². The lowest BCUT2D eigenvalue weighted by atomic mass is 10.1. The summed E-state index contributed by atoms with van der Waals surface area (Å²) in [5, 5.41) is 15.1. The Morgan fingerprint density at radius 3 is 2.26 bits per heavy atom. The van der Waals surface area contributed by atoms with Gasteiger partial charge in [-0.1, -0.05) is 84.6 Å².